The minimum atomic E-state index is -0.358. The number of unbranched alkanes of at least 4 members (excludes halogenated alkanes) is 19. The lowest BCUT2D eigenvalue weighted by Crippen LogP contribution is -2.05. The van der Waals surface area contributed by atoms with E-state index in [1.54, 1.807) is 12.1 Å². The molecule has 0 amide bonds. The number of carbonyl (C=O) groups is 1. The van der Waals surface area contributed by atoms with Gasteiger partial charge in [-0.05, 0) is 25.0 Å². The molecule has 0 spiro atoms. The van der Waals surface area contributed by atoms with Crippen molar-refractivity contribution in [2.75, 3.05) is 20.3 Å². The Balaban J connectivity index is 2.19. The van der Waals surface area contributed by atoms with Crippen LogP contribution in [0.3, 0.4) is 0 Å². The van der Waals surface area contributed by atoms with Gasteiger partial charge in [0, 0.05) is 6.07 Å². The lowest BCUT2D eigenvalue weighted by molar-refractivity contribution is 0.0599. The van der Waals surface area contributed by atoms with Crippen molar-refractivity contribution in [2.24, 2.45) is 0 Å². The Morgan fingerprint density at radius 1 is 0.514 bits per heavy atom. The molecule has 0 unspecified atom stereocenters. The first-order valence-corrected chi connectivity index (χ1v) is 15.7. The third-order valence-electron chi connectivity index (χ3n) is 7.08. The molecule has 37 heavy (non-hydrogen) atoms. The molecular formula is C33H58O4. The van der Waals surface area contributed by atoms with E-state index >= 15 is 0 Å². The average molecular weight is 519 g/mol. The lowest BCUT2D eigenvalue weighted by Gasteiger charge is -2.12. The van der Waals surface area contributed by atoms with E-state index < -0.39 is 0 Å². The van der Waals surface area contributed by atoms with E-state index in [4.69, 9.17) is 14.2 Å². The molecule has 1 aromatic rings. The number of benzene rings is 1. The van der Waals surface area contributed by atoms with Crippen LogP contribution < -0.4 is 9.47 Å². The van der Waals surface area contributed by atoms with E-state index in [0.29, 0.717) is 30.3 Å². The first-order valence-electron chi connectivity index (χ1n) is 15.7. The Morgan fingerprint density at radius 2 is 0.838 bits per heavy atom. The molecule has 0 aliphatic carbocycles. The highest BCUT2D eigenvalue weighted by Crippen LogP contribution is 2.24. The van der Waals surface area contributed by atoms with E-state index in [9.17, 15) is 4.79 Å². The van der Waals surface area contributed by atoms with Crippen LogP contribution in [-0.4, -0.2) is 26.3 Å². The first-order chi connectivity index (χ1) is 18.2. The van der Waals surface area contributed by atoms with E-state index in [-0.39, 0.29) is 5.97 Å². The maximum absolute atomic E-state index is 12.1. The molecule has 0 bridgehead atoms. The van der Waals surface area contributed by atoms with Gasteiger partial charge in [-0.1, -0.05) is 136 Å². The molecule has 4 heteroatoms. The van der Waals surface area contributed by atoms with E-state index in [1.807, 2.05) is 6.07 Å². The number of carbonyl (C=O) groups excluding carboxylic acids is 1. The molecule has 214 valence electrons. The molecule has 0 radical (unpaired) electrons. The standard InChI is InChI=1S/C33H58O4/c1-4-6-8-10-12-14-15-16-17-18-20-22-24-26-37-32-28-30(33(34)35-3)27-31(29-32)36-25-23-21-19-13-11-9-7-5-2/h27-29H,4-26H2,1-3H3. The summed E-state index contributed by atoms with van der Waals surface area (Å²) in [4.78, 5) is 12.1. The van der Waals surface area contributed by atoms with Gasteiger partial charge in [0.25, 0.3) is 0 Å². The number of ether oxygens (including phenoxy) is 3. The summed E-state index contributed by atoms with van der Waals surface area (Å²) in [6.45, 7) is 5.86. The van der Waals surface area contributed by atoms with Crippen molar-refractivity contribution in [2.45, 2.75) is 149 Å². The molecule has 0 N–H and O–H groups in total. The fourth-order valence-electron chi connectivity index (χ4n) is 4.71. The second kappa shape index (κ2) is 24.6. The number of hydrogen-bond acceptors (Lipinski definition) is 4. The molecule has 0 heterocycles. The second-order valence-corrected chi connectivity index (χ2v) is 10.6. The summed E-state index contributed by atoms with van der Waals surface area (Å²) in [5.41, 5.74) is 0.483. The number of rotatable bonds is 26. The van der Waals surface area contributed by atoms with Crippen molar-refractivity contribution in [3.63, 3.8) is 0 Å². The molecule has 1 rings (SSSR count). The Bertz CT molecular complexity index is 658. The Hall–Kier alpha value is -1.71. The minimum absolute atomic E-state index is 0.358. The Kier molecular flexibility index (Phi) is 22.2. The van der Waals surface area contributed by atoms with E-state index in [1.165, 1.54) is 129 Å². The summed E-state index contributed by atoms with van der Waals surface area (Å²) in [6.07, 6.45) is 27.5. The summed E-state index contributed by atoms with van der Waals surface area (Å²) < 4.78 is 16.9. The Labute approximate surface area is 229 Å². The average Bonchev–Trinajstić information content (AvgIpc) is 2.91. The zero-order valence-corrected chi connectivity index (χ0v) is 24.6. The normalized spacial score (nSPS) is 11.0. The molecule has 0 aromatic heterocycles. The van der Waals surface area contributed by atoms with Crippen molar-refractivity contribution in [1.82, 2.24) is 0 Å². The monoisotopic (exact) mass is 518 g/mol. The summed E-state index contributed by atoms with van der Waals surface area (Å²) in [5, 5.41) is 0. The third kappa shape index (κ3) is 19.1. The third-order valence-corrected chi connectivity index (χ3v) is 7.08. The van der Waals surface area contributed by atoms with Crippen molar-refractivity contribution in [1.29, 1.82) is 0 Å². The highest BCUT2D eigenvalue weighted by Gasteiger charge is 2.11. The van der Waals surface area contributed by atoms with Gasteiger partial charge in [-0.3, -0.25) is 0 Å². The molecule has 0 fully saturated rings. The zero-order valence-electron chi connectivity index (χ0n) is 24.6. The molecule has 4 nitrogen and oxygen atoms in total. The quantitative estimate of drug-likeness (QED) is 0.0903. The largest absolute Gasteiger partial charge is 0.493 e. The predicted octanol–water partition coefficient (Wildman–Crippen LogP) is 10.5. The highest BCUT2D eigenvalue weighted by atomic mass is 16.5. The van der Waals surface area contributed by atoms with Crippen LogP contribution in [0, 0.1) is 0 Å². The number of methoxy groups -OCH3 is 1. The Morgan fingerprint density at radius 3 is 1.16 bits per heavy atom. The topological polar surface area (TPSA) is 44.8 Å². The molecule has 0 aliphatic rings. The van der Waals surface area contributed by atoms with Gasteiger partial charge in [0.1, 0.15) is 11.5 Å². The van der Waals surface area contributed by atoms with Gasteiger partial charge in [-0.2, -0.15) is 0 Å². The molecular weight excluding hydrogens is 460 g/mol. The van der Waals surface area contributed by atoms with Crippen molar-refractivity contribution < 1.29 is 19.0 Å². The molecule has 0 atom stereocenters. The molecule has 0 saturated heterocycles. The summed E-state index contributed by atoms with van der Waals surface area (Å²) >= 11 is 0. The van der Waals surface area contributed by atoms with Crippen molar-refractivity contribution >= 4 is 5.97 Å². The fraction of sp³-hybridized carbons (Fsp3) is 0.788. The number of hydrogen-bond donors (Lipinski definition) is 0. The van der Waals surface area contributed by atoms with Crippen LogP contribution in [0.4, 0.5) is 0 Å². The smallest absolute Gasteiger partial charge is 0.338 e. The molecule has 0 aliphatic heterocycles. The van der Waals surface area contributed by atoms with Gasteiger partial charge in [0.15, 0.2) is 0 Å². The van der Waals surface area contributed by atoms with E-state index in [2.05, 4.69) is 13.8 Å². The lowest BCUT2D eigenvalue weighted by atomic mass is 10.0. The van der Waals surface area contributed by atoms with Crippen LogP contribution in [0.5, 0.6) is 11.5 Å². The zero-order chi connectivity index (χ0) is 26.8. The van der Waals surface area contributed by atoms with Crippen LogP contribution in [0.1, 0.15) is 159 Å². The van der Waals surface area contributed by atoms with Crippen LogP contribution in [-0.2, 0) is 4.74 Å². The first kappa shape index (κ1) is 33.3. The fourth-order valence-corrected chi connectivity index (χ4v) is 4.71. The van der Waals surface area contributed by atoms with Gasteiger partial charge in [-0.15, -0.1) is 0 Å². The van der Waals surface area contributed by atoms with Gasteiger partial charge in [0.2, 0.25) is 0 Å². The van der Waals surface area contributed by atoms with Gasteiger partial charge < -0.3 is 14.2 Å². The molecule has 1 aromatic carbocycles. The predicted molar refractivity (Wildman–Crippen MR) is 157 cm³/mol. The maximum atomic E-state index is 12.1. The number of esters is 1. The van der Waals surface area contributed by atoms with Crippen LogP contribution in [0.15, 0.2) is 18.2 Å². The van der Waals surface area contributed by atoms with Crippen LogP contribution in [0.2, 0.25) is 0 Å². The minimum Gasteiger partial charge on any atom is -0.493 e. The molecule has 0 saturated carbocycles. The van der Waals surface area contributed by atoms with E-state index in [0.717, 1.165) is 12.8 Å². The SMILES string of the molecule is CCCCCCCCCCCCCCCOc1cc(OCCCCCCCCCC)cc(C(=O)OC)c1. The summed E-state index contributed by atoms with van der Waals surface area (Å²) in [5.74, 6) is 1.02. The van der Waals surface area contributed by atoms with Gasteiger partial charge >= 0.3 is 5.97 Å². The highest BCUT2D eigenvalue weighted by molar-refractivity contribution is 5.90. The maximum Gasteiger partial charge on any atom is 0.338 e. The van der Waals surface area contributed by atoms with Gasteiger partial charge in [-0.25, -0.2) is 4.79 Å². The van der Waals surface area contributed by atoms with Gasteiger partial charge in [0.05, 0.1) is 25.9 Å². The summed E-state index contributed by atoms with van der Waals surface area (Å²) in [6, 6.07) is 5.42. The summed E-state index contributed by atoms with van der Waals surface area (Å²) in [7, 11) is 1.41. The van der Waals surface area contributed by atoms with Crippen LogP contribution >= 0.6 is 0 Å². The van der Waals surface area contributed by atoms with Crippen LogP contribution in [0.25, 0.3) is 0 Å². The van der Waals surface area contributed by atoms with Crippen molar-refractivity contribution in [3.05, 3.63) is 23.8 Å². The van der Waals surface area contributed by atoms with Crippen molar-refractivity contribution in [3.8, 4) is 11.5 Å². The second-order valence-electron chi connectivity index (χ2n) is 10.6.